The van der Waals surface area contributed by atoms with Crippen LogP contribution in [0.1, 0.15) is 21.7 Å². The molecule has 0 saturated heterocycles. The van der Waals surface area contributed by atoms with E-state index >= 15 is 0 Å². The highest BCUT2D eigenvalue weighted by molar-refractivity contribution is 8.01. The van der Waals surface area contributed by atoms with Crippen molar-refractivity contribution in [3.8, 4) is 5.75 Å². The number of amides is 2. The molecule has 0 spiro atoms. The van der Waals surface area contributed by atoms with E-state index in [4.69, 9.17) is 9.15 Å². The Bertz CT molecular complexity index is 1050. The lowest BCUT2D eigenvalue weighted by molar-refractivity contribution is -0.118. The van der Waals surface area contributed by atoms with Crippen LogP contribution in [0, 0.1) is 0 Å². The lowest BCUT2D eigenvalue weighted by Crippen LogP contribution is -2.39. The van der Waals surface area contributed by atoms with Crippen LogP contribution >= 0.6 is 11.8 Å². The van der Waals surface area contributed by atoms with Crippen LogP contribution in [0.15, 0.2) is 70.2 Å². The van der Waals surface area contributed by atoms with Crippen LogP contribution in [-0.2, 0) is 17.8 Å². The van der Waals surface area contributed by atoms with Gasteiger partial charge in [0, 0.05) is 30.5 Å². The first-order valence-electron chi connectivity index (χ1n) is 9.57. The summed E-state index contributed by atoms with van der Waals surface area (Å²) < 4.78 is 10.6. The molecule has 3 aromatic rings. The van der Waals surface area contributed by atoms with E-state index < -0.39 is 0 Å². The summed E-state index contributed by atoms with van der Waals surface area (Å²) >= 11 is 1.47. The molecular formula is C23H22N2O4S. The zero-order valence-electron chi connectivity index (χ0n) is 16.8. The van der Waals surface area contributed by atoms with Crippen LogP contribution in [0.25, 0.3) is 0 Å². The summed E-state index contributed by atoms with van der Waals surface area (Å²) in [6.45, 7) is 0.423. The molecule has 0 fully saturated rings. The number of rotatable bonds is 6. The molecule has 1 aromatic heterocycles. The van der Waals surface area contributed by atoms with Crippen molar-refractivity contribution >= 4 is 29.3 Å². The Kier molecular flexibility index (Phi) is 5.81. The summed E-state index contributed by atoms with van der Waals surface area (Å²) in [5, 5.41) is 2.66. The van der Waals surface area contributed by atoms with Gasteiger partial charge in [0.1, 0.15) is 11.5 Å². The number of methoxy groups -OCH3 is 1. The van der Waals surface area contributed by atoms with E-state index in [0.29, 0.717) is 18.5 Å². The maximum absolute atomic E-state index is 12.7. The Hall–Kier alpha value is -3.19. The van der Waals surface area contributed by atoms with Gasteiger partial charge in [0.25, 0.3) is 5.91 Å². The highest BCUT2D eigenvalue weighted by atomic mass is 32.2. The van der Waals surface area contributed by atoms with E-state index in [-0.39, 0.29) is 17.1 Å². The van der Waals surface area contributed by atoms with E-state index in [0.717, 1.165) is 27.7 Å². The molecule has 6 nitrogen and oxygen atoms in total. The van der Waals surface area contributed by atoms with Crippen LogP contribution in [0.2, 0.25) is 0 Å². The molecule has 1 unspecified atom stereocenters. The largest absolute Gasteiger partial charge is 0.497 e. The SMILES string of the molecule is COc1ccc(CNC(=O)c2ccc3c(c2)SC(Cc2ccco2)C(=O)N3C)cc1. The zero-order valence-corrected chi connectivity index (χ0v) is 17.6. The Balaban J connectivity index is 1.47. The summed E-state index contributed by atoms with van der Waals surface area (Å²) in [6.07, 6.45) is 2.12. The highest BCUT2D eigenvalue weighted by Crippen LogP contribution is 2.40. The first-order valence-corrected chi connectivity index (χ1v) is 10.4. The second-order valence-corrected chi connectivity index (χ2v) is 8.25. The van der Waals surface area contributed by atoms with Gasteiger partial charge in [-0.05, 0) is 48.0 Å². The maximum atomic E-state index is 12.7. The van der Waals surface area contributed by atoms with E-state index in [9.17, 15) is 9.59 Å². The average Bonchev–Trinajstić information content (AvgIpc) is 3.28. The van der Waals surface area contributed by atoms with E-state index in [1.54, 1.807) is 31.4 Å². The molecule has 0 saturated carbocycles. The van der Waals surface area contributed by atoms with Gasteiger partial charge in [0.15, 0.2) is 0 Å². The minimum Gasteiger partial charge on any atom is -0.497 e. The number of furan rings is 1. The predicted octanol–water partition coefficient (Wildman–Crippen LogP) is 3.90. The molecular weight excluding hydrogens is 400 g/mol. The Morgan fingerprint density at radius 2 is 2.00 bits per heavy atom. The second kappa shape index (κ2) is 8.67. The fraction of sp³-hybridized carbons (Fsp3) is 0.217. The minimum absolute atomic E-state index is 0.0283. The molecule has 1 aliphatic rings. The molecule has 2 heterocycles. The summed E-state index contributed by atoms with van der Waals surface area (Å²) in [7, 11) is 3.38. The Morgan fingerprint density at radius 1 is 1.20 bits per heavy atom. The molecule has 7 heteroatoms. The summed E-state index contributed by atoms with van der Waals surface area (Å²) in [5.74, 6) is 1.42. The van der Waals surface area contributed by atoms with Crippen molar-refractivity contribution < 1.29 is 18.7 Å². The van der Waals surface area contributed by atoms with Gasteiger partial charge in [-0.25, -0.2) is 0 Å². The molecule has 0 aliphatic carbocycles. The highest BCUT2D eigenvalue weighted by Gasteiger charge is 2.32. The van der Waals surface area contributed by atoms with E-state index in [2.05, 4.69) is 5.32 Å². The molecule has 1 N–H and O–H groups in total. The number of carbonyl (C=O) groups is 2. The number of hydrogen-bond donors (Lipinski definition) is 1. The van der Waals surface area contributed by atoms with Crippen LogP contribution in [0.5, 0.6) is 5.75 Å². The number of nitrogens with one attached hydrogen (secondary N) is 1. The lowest BCUT2D eigenvalue weighted by atomic mass is 10.1. The van der Waals surface area contributed by atoms with Gasteiger partial charge in [0.05, 0.1) is 24.3 Å². The number of benzene rings is 2. The second-order valence-electron chi connectivity index (χ2n) is 7.00. The third-order valence-corrected chi connectivity index (χ3v) is 6.27. The third-order valence-electron chi connectivity index (χ3n) is 5.04. The Labute approximate surface area is 179 Å². The van der Waals surface area contributed by atoms with Crippen molar-refractivity contribution in [3.63, 3.8) is 0 Å². The van der Waals surface area contributed by atoms with E-state index in [1.807, 2.05) is 48.5 Å². The summed E-state index contributed by atoms with van der Waals surface area (Å²) in [6, 6.07) is 16.7. The van der Waals surface area contributed by atoms with Crippen molar-refractivity contribution in [2.45, 2.75) is 23.1 Å². The number of fused-ring (bicyclic) bond motifs is 1. The van der Waals surface area contributed by atoms with Crippen molar-refractivity contribution in [2.24, 2.45) is 0 Å². The van der Waals surface area contributed by atoms with Crippen LogP contribution in [-0.4, -0.2) is 31.2 Å². The fourth-order valence-electron chi connectivity index (χ4n) is 3.33. The first kappa shape index (κ1) is 20.1. The van der Waals surface area contributed by atoms with Crippen LogP contribution in [0.4, 0.5) is 5.69 Å². The fourth-order valence-corrected chi connectivity index (χ4v) is 4.67. The minimum atomic E-state index is -0.286. The molecule has 30 heavy (non-hydrogen) atoms. The third kappa shape index (κ3) is 4.21. The number of thioether (sulfide) groups is 1. The number of hydrogen-bond acceptors (Lipinski definition) is 5. The summed E-state index contributed by atoms with van der Waals surface area (Å²) in [4.78, 5) is 27.9. The van der Waals surface area contributed by atoms with Gasteiger partial charge in [-0.3, -0.25) is 9.59 Å². The monoisotopic (exact) mass is 422 g/mol. The number of anilines is 1. The van der Waals surface area contributed by atoms with Gasteiger partial charge in [-0.2, -0.15) is 0 Å². The maximum Gasteiger partial charge on any atom is 0.251 e. The van der Waals surface area contributed by atoms with Gasteiger partial charge in [-0.1, -0.05) is 12.1 Å². The Morgan fingerprint density at radius 3 is 2.70 bits per heavy atom. The first-order chi connectivity index (χ1) is 14.5. The molecule has 0 radical (unpaired) electrons. The number of ether oxygens (including phenoxy) is 1. The standard InChI is InChI=1S/C23H22N2O4S/c1-25-19-10-7-16(22(26)24-14-15-5-8-17(28-2)9-6-15)12-20(19)30-21(23(25)27)13-18-4-3-11-29-18/h3-12,21H,13-14H2,1-2H3,(H,24,26). The topological polar surface area (TPSA) is 71.8 Å². The molecule has 1 atom stereocenters. The quantitative estimate of drug-likeness (QED) is 0.652. The molecule has 0 bridgehead atoms. The predicted molar refractivity (Wildman–Crippen MR) is 116 cm³/mol. The van der Waals surface area contributed by atoms with Crippen molar-refractivity contribution in [1.29, 1.82) is 0 Å². The molecule has 4 rings (SSSR count). The van der Waals surface area contributed by atoms with Gasteiger partial charge in [0.2, 0.25) is 5.91 Å². The van der Waals surface area contributed by atoms with Gasteiger partial charge >= 0.3 is 0 Å². The van der Waals surface area contributed by atoms with Crippen molar-refractivity contribution in [1.82, 2.24) is 5.32 Å². The summed E-state index contributed by atoms with van der Waals surface area (Å²) in [5.41, 5.74) is 2.36. The average molecular weight is 423 g/mol. The lowest BCUT2D eigenvalue weighted by Gasteiger charge is -2.31. The van der Waals surface area contributed by atoms with Crippen LogP contribution < -0.4 is 15.0 Å². The molecule has 1 aliphatic heterocycles. The molecule has 154 valence electrons. The van der Waals surface area contributed by atoms with Crippen molar-refractivity contribution in [2.75, 3.05) is 19.1 Å². The smallest absolute Gasteiger partial charge is 0.251 e. The number of nitrogens with zero attached hydrogens (tertiary/aromatic N) is 1. The van der Waals surface area contributed by atoms with Gasteiger partial charge in [-0.15, -0.1) is 11.8 Å². The van der Waals surface area contributed by atoms with Crippen molar-refractivity contribution in [3.05, 3.63) is 77.7 Å². The zero-order chi connectivity index (χ0) is 21.1. The normalized spacial score (nSPS) is 15.6. The van der Waals surface area contributed by atoms with Gasteiger partial charge < -0.3 is 19.4 Å². The molecule has 2 amide bonds. The van der Waals surface area contributed by atoms with Crippen LogP contribution in [0.3, 0.4) is 0 Å². The molecule has 2 aromatic carbocycles. The van der Waals surface area contributed by atoms with E-state index in [1.165, 1.54) is 11.8 Å². The number of carbonyl (C=O) groups excluding carboxylic acids is 2.